The summed E-state index contributed by atoms with van der Waals surface area (Å²) in [7, 11) is 1.94. The van der Waals surface area contributed by atoms with Crippen LogP contribution in [0.25, 0.3) is 10.9 Å². The molecular weight excluding hydrogens is 306 g/mol. The van der Waals surface area contributed by atoms with Gasteiger partial charge in [-0.25, -0.2) is 0 Å². The van der Waals surface area contributed by atoms with E-state index in [1.165, 1.54) is 0 Å². The third-order valence-corrected chi connectivity index (χ3v) is 5.47. The van der Waals surface area contributed by atoms with Gasteiger partial charge in [0.05, 0.1) is 12.5 Å². The van der Waals surface area contributed by atoms with Crippen molar-refractivity contribution >= 4 is 28.4 Å². The van der Waals surface area contributed by atoms with Crippen molar-refractivity contribution < 1.29 is 19.1 Å². The minimum atomic E-state index is -1.35. The van der Waals surface area contributed by atoms with Crippen LogP contribution in [0, 0.1) is 5.92 Å². The molecule has 0 radical (unpaired) electrons. The molecule has 1 aromatic heterocycles. The first-order valence-corrected chi connectivity index (χ1v) is 8.32. The molecule has 2 bridgehead atoms. The van der Waals surface area contributed by atoms with Crippen LogP contribution >= 0.6 is 0 Å². The van der Waals surface area contributed by atoms with E-state index in [0.717, 1.165) is 16.5 Å². The summed E-state index contributed by atoms with van der Waals surface area (Å²) in [5.74, 6) is -1.62. The monoisotopic (exact) mass is 325 g/mol. The van der Waals surface area contributed by atoms with Crippen LogP contribution in [0.2, 0.25) is 0 Å². The van der Waals surface area contributed by atoms with E-state index >= 15 is 0 Å². The van der Waals surface area contributed by atoms with E-state index in [1.54, 1.807) is 6.92 Å². The van der Waals surface area contributed by atoms with E-state index < -0.39 is 17.3 Å². The van der Waals surface area contributed by atoms with Gasteiger partial charge in [-0.2, -0.15) is 0 Å². The summed E-state index contributed by atoms with van der Waals surface area (Å²) in [4.78, 5) is 38.5. The van der Waals surface area contributed by atoms with Crippen LogP contribution < -0.4 is 0 Å². The van der Waals surface area contributed by atoms with Crippen molar-refractivity contribution in [2.75, 3.05) is 6.61 Å². The summed E-state index contributed by atoms with van der Waals surface area (Å²) in [5, 5.41) is 0.929. The summed E-state index contributed by atoms with van der Waals surface area (Å²) in [6.45, 7) is 1.94. The number of aromatic nitrogens is 1. The Kier molecular flexibility index (Phi) is 3.17. The molecule has 2 atom stereocenters. The van der Waals surface area contributed by atoms with Crippen LogP contribution in [0.5, 0.6) is 0 Å². The van der Waals surface area contributed by atoms with Gasteiger partial charge in [0, 0.05) is 30.6 Å². The van der Waals surface area contributed by atoms with Crippen molar-refractivity contribution in [2.24, 2.45) is 13.0 Å². The summed E-state index contributed by atoms with van der Waals surface area (Å²) < 4.78 is 7.28. The lowest BCUT2D eigenvalue weighted by Crippen LogP contribution is -2.53. The molecule has 24 heavy (non-hydrogen) atoms. The summed E-state index contributed by atoms with van der Waals surface area (Å²) in [6.07, 6.45) is 2.77. The molecular formula is C19H19NO4. The fourth-order valence-corrected chi connectivity index (χ4v) is 4.36. The second kappa shape index (κ2) is 5.03. The number of hydrogen-bond acceptors (Lipinski definition) is 4. The van der Waals surface area contributed by atoms with E-state index in [0.29, 0.717) is 12.0 Å². The molecule has 5 heteroatoms. The Morgan fingerprint density at radius 1 is 1.38 bits per heavy atom. The van der Waals surface area contributed by atoms with Crippen molar-refractivity contribution in [3.05, 3.63) is 35.5 Å². The van der Waals surface area contributed by atoms with Gasteiger partial charge < -0.3 is 9.30 Å². The number of nitrogens with zero attached hydrogens (tertiary/aromatic N) is 1. The van der Waals surface area contributed by atoms with Gasteiger partial charge in [0.1, 0.15) is 5.78 Å². The minimum Gasteiger partial charge on any atom is -0.465 e. The van der Waals surface area contributed by atoms with Crippen molar-refractivity contribution in [1.82, 2.24) is 4.57 Å². The summed E-state index contributed by atoms with van der Waals surface area (Å²) in [5.41, 5.74) is 1.29. The van der Waals surface area contributed by atoms with Gasteiger partial charge in [0.2, 0.25) is 0 Å². The molecule has 1 fully saturated rings. The number of ether oxygens (including phenoxy) is 1. The van der Waals surface area contributed by atoms with Crippen molar-refractivity contribution in [1.29, 1.82) is 0 Å². The first-order valence-electron chi connectivity index (χ1n) is 8.32. The normalized spacial score (nSPS) is 25.7. The lowest BCUT2D eigenvalue weighted by Gasteiger charge is -2.35. The van der Waals surface area contributed by atoms with Crippen LogP contribution in [0.1, 0.15) is 30.9 Å². The highest BCUT2D eigenvalue weighted by Gasteiger charge is 2.57. The fraction of sp³-hybridized carbons (Fsp3) is 0.421. The number of aryl methyl sites for hydroxylation is 1. The van der Waals surface area contributed by atoms with Crippen molar-refractivity contribution in [2.45, 2.75) is 31.6 Å². The molecule has 124 valence electrons. The largest absolute Gasteiger partial charge is 0.465 e. The second-order valence-corrected chi connectivity index (χ2v) is 6.68. The minimum absolute atomic E-state index is 0.0651. The Hall–Kier alpha value is -2.43. The van der Waals surface area contributed by atoms with Gasteiger partial charge in [-0.3, -0.25) is 14.4 Å². The molecule has 0 N–H and O–H groups in total. The third-order valence-electron chi connectivity index (χ3n) is 5.47. The number of carbonyl (C=O) groups is 3. The number of ketones is 2. The smallest absolute Gasteiger partial charge is 0.324 e. The fourth-order valence-electron chi connectivity index (χ4n) is 4.36. The average Bonchev–Trinajstić information content (AvgIpc) is 2.85. The van der Waals surface area contributed by atoms with Crippen LogP contribution in [0.4, 0.5) is 0 Å². The SMILES string of the molecule is CCOC(=O)[C@]12CCC(=O)[C@@H](Cc3cn(C)c4cccc1c34)C2=O. The van der Waals surface area contributed by atoms with Crippen molar-refractivity contribution in [3.63, 3.8) is 0 Å². The Bertz CT molecular complexity index is 894. The highest BCUT2D eigenvalue weighted by atomic mass is 16.5. The molecule has 2 aromatic rings. The topological polar surface area (TPSA) is 65.4 Å². The van der Waals surface area contributed by atoms with Gasteiger partial charge in [-0.05, 0) is 37.0 Å². The van der Waals surface area contributed by atoms with E-state index in [9.17, 15) is 14.4 Å². The van der Waals surface area contributed by atoms with E-state index in [1.807, 2.05) is 36.0 Å². The zero-order valence-corrected chi connectivity index (χ0v) is 13.8. The molecule has 2 aliphatic carbocycles. The van der Waals surface area contributed by atoms with Gasteiger partial charge in [0.25, 0.3) is 0 Å². The van der Waals surface area contributed by atoms with Crippen LogP contribution in [-0.4, -0.2) is 28.7 Å². The van der Waals surface area contributed by atoms with Crippen molar-refractivity contribution in [3.8, 4) is 0 Å². The van der Waals surface area contributed by atoms with Crippen LogP contribution in [0.15, 0.2) is 24.4 Å². The molecule has 0 amide bonds. The highest BCUT2D eigenvalue weighted by Crippen LogP contribution is 2.46. The molecule has 0 aliphatic heterocycles. The highest BCUT2D eigenvalue weighted by molar-refractivity contribution is 6.22. The molecule has 5 nitrogen and oxygen atoms in total. The Labute approximate surface area is 139 Å². The number of hydrogen-bond donors (Lipinski definition) is 0. The van der Waals surface area contributed by atoms with Crippen LogP contribution in [0.3, 0.4) is 0 Å². The number of esters is 1. The standard InChI is InChI=1S/C19H19NO4/c1-3-24-18(23)19-8-7-15(21)12(17(19)22)9-11-10-20(2)14-6-4-5-13(19)16(11)14/h4-6,10,12H,3,7-9H2,1-2H3/t12-,19-/m1/s1. The number of Topliss-reactive ketones (excluding diaryl/α,β-unsaturated/α-hetero) is 2. The Morgan fingerprint density at radius 2 is 2.17 bits per heavy atom. The maximum absolute atomic E-state index is 13.2. The maximum Gasteiger partial charge on any atom is 0.324 e. The lowest BCUT2D eigenvalue weighted by atomic mass is 9.64. The molecule has 2 aliphatic rings. The average molecular weight is 325 g/mol. The Balaban J connectivity index is 2.09. The van der Waals surface area contributed by atoms with E-state index in [4.69, 9.17) is 4.74 Å². The zero-order valence-electron chi connectivity index (χ0n) is 13.8. The van der Waals surface area contributed by atoms with E-state index in [2.05, 4.69) is 0 Å². The molecule has 1 heterocycles. The number of fused-ring (bicyclic) bond motifs is 3. The second-order valence-electron chi connectivity index (χ2n) is 6.68. The predicted octanol–water partition coefficient (Wildman–Crippen LogP) is 2.08. The maximum atomic E-state index is 13.2. The van der Waals surface area contributed by atoms with Gasteiger partial charge >= 0.3 is 5.97 Å². The van der Waals surface area contributed by atoms with Gasteiger partial charge in [-0.1, -0.05) is 12.1 Å². The number of benzene rings is 1. The molecule has 0 unspecified atom stereocenters. The third kappa shape index (κ3) is 1.72. The summed E-state index contributed by atoms with van der Waals surface area (Å²) >= 11 is 0. The van der Waals surface area contributed by atoms with E-state index in [-0.39, 0.29) is 31.0 Å². The lowest BCUT2D eigenvalue weighted by molar-refractivity contribution is -0.158. The molecule has 0 spiro atoms. The first-order chi connectivity index (χ1) is 11.5. The Morgan fingerprint density at radius 3 is 2.92 bits per heavy atom. The molecule has 0 saturated heterocycles. The zero-order chi connectivity index (χ0) is 17.1. The van der Waals surface area contributed by atoms with Gasteiger partial charge in [0.15, 0.2) is 11.2 Å². The van der Waals surface area contributed by atoms with Gasteiger partial charge in [-0.15, -0.1) is 0 Å². The first kappa shape index (κ1) is 15.1. The molecule has 1 aromatic carbocycles. The molecule has 1 saturated carbocycles. The van der Waals surface area contributed by atoms with Crippen LogP contribution in [-0.2, 0) is 38.0 Å². The number of rotatable bonds is 2. The molecule has 4 rings (SSSR count). The predicted molar refractivity (Wildman–Crippen MR) is 87.7 cm³/mol. The summed E-state index contributed by atoms with van der Waals surface area (Å²) in [6, 6.07) is 5.69. The number of carbonyl (C=O) groups excluding carboxylic acids is 3. The quantitative estimate of drug-likeness (QED) is 0.626.